The van der Waals surface area contributed by atoms with Gasteiger partial charge in [-0.25, -0.2) is 0 Å². The molecule has 1 amide bonds. The molecule has 1 N–H and O–H groups in total. The zero-order valence-electron chi connectivity index (χ0n) is 14.9. The number of carbonyl (C=O) groups is 1. The van der Waals surface area contributed by atoms with Gasteiger partial charge < -0.3 is 14.8 Å². The highest BCUT2D eigenvalue weighted by Gasteiger charge is 2.15. The van der Waals surface area contributed by atoms with Crippen molar-refractivity contribution in [2.75, 3.05) is 14.2 Å². The third kappa shape index (κ3) is 4.28. The molecule has 0 aliphatic rings. The van der Waals surface area contributed by atoms with E-state index in [2.05, 4.69) is 10.4 Å². The number of benzene rings is 1. The molecule has 1 atom stereocenters. The number of hydrogen-bond acceptors (Lipinski definition) is 4. The molecule has 0 bridgehead atoms. The number of hydrogen-bond donors (Lipinski definition) is 1. The van der Waals surface area contributed by atoms with Gasteiger partial charge in [-0.2, -0.15) is 5.10 Å². The number of rotatable bonds is 7. The first-order valence-electron chi connectivity index (χ1n) is 7.97. The van der Waals surface area contributed by atoms with Crippen LogP contribution < -0.4 is 14.8 Å². The monoisotopic (exact) mass is 331 g/mol. The molecule has 1 aromatic carbocycles. The molecular weight excluding hydrogens is 306 g/mol. The Morgan fingerprint density at radius 2 is 2.00 bits per heavy atom. The van der Waals surface area contributed by atoms with E-state index in [1.54, 1.807) is 14.2 Å². The van der Waals surface area contributed by atoms with Gasteiger partial charge in [-0.15, -0.1) is 0 Å². The first kappa shape index (κ1) is 17.8. The van der Waals surface area contributed by atoms with Gasteiger partial charge in [0.2, 0.25) is 5.91 Å². The van der Waals surface area contributed by atoms with E-state index >= 15 is 0 Å². The van der Waals surface area contributed by atoms with E-state index in [4.69, 9.17) is 9.47 Å². The second-order valence-electron chi connectivity index (χ2n) is 5.80. The van der Waals surface area contributed by atoms with Gasteiger partial charge >= 0.3 is 0 Å². The number of carbonyl (C=O) groups excluding carboxylic acids is 1. The van der Waals surface area contributed by atoms with Gasteiger partial charge in [0, 0.05) is 24.2 Å². The van der Waals surface area contributed by atoms with Crippen LogP contribution in [0.25, 0.3) is 0 Å². The van der Waals surface area contributed by atoms with E-state index in [9.17, 15) is 4.79 Å². The molecule has 0 saturated heterocycles. The molecular formula is C18H25N3O3. The topological polar surface area (TPSA) is 65.4 Å². The molecule has 2 rings (SSSR count). The van der Waals surface area contributed by atoms with Crippen LogP contribution in [-0.2, 0) is 11.3 Å². The lowest BCUT2D eigenvalue weighted by molar-refractivity contribution is -0.122. The normalized spacial score (nSPS) is 11.9. The quantitative estimate of drug-likeness (QED) is 0.847. The summed E-state index contributed by atoms with van der Waals surface area (Å²) in [6, 6.07) is 7.38. The molecule has 6 nitrogen and oxygen atoms in total. The fraction of sp³-hybridized carbons (Fsp3) is 0.444. The molecule has 130 valence electrons. The van der Waals surface area contributed by atoms with Crippen molar-refractivity contribution in [1.29, 1.82) is 0 Å². The molecule has 2 aromatic rings. The van der Waals surface area contributed by atoms with Crippen molar-refractivity contribution in [1.82, 2.24) is 15.1 Å². The fourth-order valence-corrected chi connectivity index (χ4v) is 2.68. The second-order valence-corrected chi connectivity index (χ2v) is 5.80. The van der Waals surface area contributed by atoms with E-state index in [1.807, 2.05) is 49.7 Å². The van der Waals surface area contributed by atoms with Crippen LogP contribution in [0, 0.1) is 13.8 Å². The van der Waals surface area contributed by atoms with E-state index < -0.39 is 0 Å². The van der Waals surface area contributed by atoms with Crippen molar-refractivity contribution in [3.8, 4) is 11.5 Å². The van der Waals surface area contributed by atoms with Gasteiger partial charge in [-0.05, 0) is 45.0 Å². The van der Waals surface area contributed by atoms with Crippen molar-refractivity contribution >= 4 is 5.91 Å². The number of nitrogens with zero attached hydrogens (tertiary/aromatic N) is 2. The summed E-state index contributed by atoms with van der Waals surface area (Å²) in [7, 11) is 3.23. The Kier molecular flexibility index (Phi) is 5.84. The summed E-state index contributed by atoms with van der Waals surface area (Å²) in [5, 5.41) is 7.37. The van der Waals surface area contributed by atoms with Gasteiger partial charge in [-0.1, -0.05) is 0 Å². The summed E-state index contributed by atoms with van der Waals surface area (Å²) in [4.78, 5) is 12.2. The highest BCUT2D eigenvalue weighted by molar-refractivity contribution is 5.76. The zero-order valence-corrected chi connectivity index (χ0v) is 14.9. The lowest BCUT2D eigenvalue weighted by atomic mass is 10.1. The molecule has 0 aliphatic carbocycles. The Hall–Kier alpha value is -2.50. The third-order valence-electron chi connectivity index (χ3n) is 3.93. The van der Waals surface area contributed by atoms with Crippen molar-refractivity contribution in [3.05, 3.63) is 41.2 Å². The average Bonchev–Trinajstić information content (AvgIpc) is 2.89. The van der Waals surface area contributed by atoms with Gasteiger partial charge in [0.05, 0.1) is 26.0 Å². The molecule has 0 saturated carbocycles. The van der Waals surface area contributed by atoms with E-state index in [1.165, 1.54) is 0 Å². The van der Waals surface area contributed by atoms with Gasteiger partial charge in [0.15, 0.2) is 0 Å². The van der Waals surface area contributed by atoms with E-state index in [-0.39, 0.29) is 11.9 Å². The maximum absolute atomic E-state index is 12.2. The predicted octanol–water partition coefficient (Wildman–Crippen LogP) is 2.78. The zero-order chi connectivity index (χ0) is 17.7. The van der Waals surface area contributed by atoms with Crippen molar-refractivity contribution in [3.63, 3.8) is 0 Å². The minimum Gasteiger partial charge on any atom is -0.497 e. The van der Waals surface area contributed by atoms with E-state index in [0.29, 0.717) is 13.0 Å². The molecule has 6 heteroatoms. The lowest BCUT2D eigenvalue weighted by Crippen LogP contribution is -2.28. The molecule has 0 aliphatic heterocycles. The summed E-state index contributed by atoms with van der Waals surface area (Å²) in [6.45, 7) is 6.42. The Morgan fingerprint density at radius 3 is 2.58 bits per heavy atom. The van der Waals surface area contributed by atoms with Gasteiger partial charge in [-0.3, -0.25) is 9.48 Å². The molecule has 1 unspecified atom stereocenters. The Morgan fingerprint density at radius 1 is 1.25 bits per heavy atom. The highest BCUT2D eigenvalue weighted by atomic mass is 16.5. The van der Waals surface area contributed by atoms with Crippen LogP contribution in [0.2, 0.25) is 0 Å². The molecule has 1 aromatic heterocycles. The SMILES string of the molecule is COc1ccc(OC)c(C(C)NC(=O)CCn2nc(C)cc2C)c1. The highest BCUT2D eigenvalue weighted by Crippen LogP contribution is 2.29. The summed E-state index contributed by atoms with van der Waals surface area (Å²) >= 11 is 0. The van der Waals surface area contributed by atoms with Crippen molar-refractivity contribution in [2.24, 2.45) is 0 Å². The maximum Gasteiger partial charge on any atom is 0.222 e. The first-order valence-corrected chi connectivity index (χ1v) is 7.97. The molecule has 0 radical (unpaired) electrons. The Bertz CT molecular complexity index is 710. The minimum absolute atomic E-state index is 0.0278. The number of ether oxygens (including phenoxy) is 2. The molecule has 0 spiro atoms. The fourth-order valence-electron chi connectivity index (χ4n) is 2.68. The van der Waals surface area contributed by atoms with Crippen LogP contribution in [0.5, 0.6) is 11.5 Å². The first-order chi connectivity index (χ1) is 11.4. The summed E-state index contributed by atoms with van der Waals surface area (Å²) in [5.41, 5.74) is 2.90. The molecule has 1 heterocycles. The lowest BCUT2D eigenvalue weighted by Gasteiger charge is -2.18. The number of nitrogens with one attached hydrogen (secondary N) is 1. The van der Waals surface area contributed by atoms with Crippen LogP contribution in [-0.4, -0.2) is 29.9 Å². The van der Waals surface area contributed by atoms with Crippen molar-refractivity contribution in [2.45, 2.75) is 39.8 Å². The second kappa shape index (κ2) is 7.86. The van der Waals surface area contributed by atoms with Crippen LogP contribution >= 0.6 is 0 Å². The molecule has 24 heavy (non-hydrogen) atoms. The predicted molar refractivity (Wildman–Crippen MR) is 92.4 cm³/mol. The van der Waals surface area contributed by atoms with Gasteiger partial charge in [0.25, 0.3) is 0 Å². The van der Waals surface area contributed by atoms with Crippen molar-refractivity contribution < 1.29 is 14.3 Å². The third-order valence-corrected chi connectivity index (χ3v) is 3.93. The van der Waals surface area contributed by atoms with Crippen LogP contribution in [0.1, 0.15) is 36.3 Å². The van der Waals surface area contributed by atoms with Crippen LogP contribution in [0.3, 0.4) is 0 Å². The Balaban J connectivity index is 1.99. The van der Waals surface area contributed by atoms with Gasteiger partial charge in [0.1, 0.15) is 11.5 Å². The minimum atomic E-state index is -0.178. The summed E-state index contributed by atoms with van der Waals surface area (Å²) < 4.78 is 12.5. The smallest absolute Gasteiger partial charge is 0.222 e. The largest absolute Gasteiger partial charge is 0.497 e. The van der Waals surface area contributed by atoms with E-state index in [0.717, 1.165) is 28.5 Å². The standard InChI is InChI=1S/C18H25N3O3/c1-12-10-13(2)21(20-12)9-8-18(22)19-14(3)16-11-15(23-4)6-7-17(16)24-5/h6-7,10-11,14H,8-9H2,1-5H3,(H,19,22). The Labute approximate surface area is 142 Å². The number of amides is 1. The summed E-state index contributed by atoms with van der Waals surface area (Å²) in [6.07, 6.45) is 0.374. The average molecular weight is 331 g/mol. The number of aryl methyl sites for hydroxylation is 3. The van der Waals surface area contributed by atoms with Crippen LogP contribution in [0.4, 0.5) is 0 Å². The van der Waals surface area contributed by atoms with Crippen LogP contribution in [0.15, 0.2) is 24.3 Å². The molecule has 0 fully saturated rings. The number of methoxy groups -OCH3 is 2. The summed E-state index contributed by atoms with van der Waals surface area (Å²) in [5.74, 6) is 1.43. The maximum atomic E-state index is 12.2. The number of aromatic nitrogens is 2.